The van der Waals surface area contributed by atoms with E-state index in [-0.39, 0.29) is 24.0 Å². The Morgan fingerprint density at radius 1 is 1.48 bits per heavy atom. The smallest absolute Gasteiger partial charge is 0.339 e. The summed E-state index contributed by atoms with van der Waals surface area (Å²) in [6, 6.07) is 0.689. The van der Waals surface area contributed by atoms with E-state index < -0.39 is 23.5 Å². The van der Waals surface area contributed by atoms with Crippen LogP contribution in [0.4, 0.5) is 4.39 Å². The fourth-order valence-electron chi connectivity index (χ4n) is 1.75. The number of hydrogen-bond donors (Lipinski definition) is 2. The van der Waals surface area contributed by atoms with Crippen LogP contribution in [0.3, 0.4) is 0 Å². The summed E-state index contributed by atoms with van der Waals surface area (Å²) >= 11 is 0. The van der Waals surface area contributed by atoms with E-state index in [1.807, 2.05) is 0 Å². The second-order valence-electron chi connectivity index (χ2n) is 5.53. The third-order valence-corrected chi connectivity index (χ3v) is 2.69. The molecule has 1 atom stereocenters. The van der Waals surface area contributed by atoms with E-state index in [0.717, 1.165) is 0 Å². The van der Waals surface area contributed by atoms with Crippen LogP contribution in [0.2, 0.25) is 0 Å². The third kappa shape index (κ3) is 4.42. The molecule has 1 amide bonds. The molecule has 7 heteroatoms. The first-order valence-corrected chi connectivity index (χ1v) is 6.40. The molecule has 0 aliphatic rings. The molecular weight excluding hydrogens is 277 g/mol. The number of aromatic nitrogens is 1. The van der Waals surface area contributed by atoms with Crippen LogP contribution < -0.4 is 11.5 Å². The fraction of sp³-hybridized carbons (Fsp3) is 0.429. The molecule has 0 radical (unpaired) electrons. The van der Waals surface area contributed by atoms with Crippen molar-refractivity contribution in [2.24, 2.45) is 11.5 Å². The Bertz CT molecular complexity index is 558. The highest BCUT2D eigenvalue weighted by molar-refractivity contribution is 5.93. The lowest BCUT2D eigenvalue weighted by Gasteiger charge is -2.24. The molecule has 1 heterocycles. The predicted octanol–water partition coefficient (Wildman–Crippen LogP) is 1.28. The number of nitrogens with two attached hydrogens (primary N) is 2. The van der Waals surface area contributed by atoms with Gasteiger partial charge in [-0.25, -0.2) is 9.18 Å². The highest BCUT2D eigenvalue weighted by Gasteiger charge is 2.27. The van der Waals surface area contributed by atoms with Crippen LogP contribution >= 0.6 is 0 Å². The monoisotopic (exact) mass is 297 g/mol. The first-order chi connectivity index (χ1) is 9.69. The van der Waals surface area contributed by atoms with E-state index in [4.69, 9.17) is 16.2 Å². The number of nitrogens with zero attached hydrogens (tertiary/aromatic N) is 1. The zero-order chi connectivity index (χ0) is 16.2. The molecule has 6 nitrogen and oxygen atoms in total. The Labute approximate surface area is 122 Å². The normalized spacial score (nSPS) is 13.9. The standard InChI is InChI=1S/C14H20FN3O3/c1-14(2,3)21-13(20)10(6-15)11(7-16)18-5-4-9(8-18)12(17)19/h4-6,8,11H,7,16H2,1-3H3,(H2,17,19). The van der Waals surface area contributed by atoms with E-state index in [9.17, 15) is 14.0 Å². The fourth-order valence-corrected chi connectivity index (χ4v) is 1.75. The summed E-state index contributed by atoms with van der Waals surface area (Å²) in [4.78, 5) is 23.1. The Hall–Kier alpha value is -2.15. The van der Waals surface area contributed by atoms with E-state index >= 15 is 0 Å². The zero-order valence-corrected chi connectivity index (χ0v) is 12.3. The van der Waals surface area contributed by atoms with Gasteiger partial charge in [0.2, 0.25) is 5.91 Å². The maximum atomic E-state index is 13.1. The second-order valence-corrected chi connectivity index (χ2v) is 5.53. The van der Waals surface area contributed by atoms with Crippen molar-refractivity contribution < 1.29 is 18.7 Å². The zero-order valence-electron chi connectivity index (χ0n) is 12.3. The highest BCUT2D eigenvalue weighted by Crippen LogP contribution is 2.22. The summed E-state index contributed by atoms with van der Waals surface area (Å²) in [5.74, 6) is -1.41. The van der Waals surface area contributed by atoms with Gasteiger partial charge in [-0.15, -0.1) is 0 Å². The van der Waals surface area contributed by atoms with Gasteiger partial charge in [-0.2, -0.15) is 0 Å². The Balaban J connectivity index is 3.05. The minimum Gasteiger partial charge on any atom is -0.456 e. The van der Waals surface area contributed by atoms with Crippen LogP contribution in [0, 0.1) is 0 Å². The Morgan fingerprint density at radius 3 is 2.48 bits per heavy atom. The van der Waals surface area contributed by atoms with Gasteiger partial charge in [-0.1, -0.05) is 0 Å². The molecule has 1 unspecified atom stereocenters. The van der Waals surface area contributed by atoms with Crippen molar-refractivity contribution in [2.75, 3.05) is 6.54 Å². The molecule has 4 N–H and O–H groups in total. The van der Waals surface area contributed by atoms with Crippen molar-refractivity contribution >= 4 is 11.9 Å². The van der Waals surface area contributed by atoms with E-state index in [1.54, 1.807) is 20.8 Å². The number of amides is 1. The molecule has 0 saturated heterocycles. The number of carbonyl (C=O) groups excluding carboxylic acids is 2. The largest absolute Gasteiger partial charge is 0.456 e. The first kappa shape index (κ1) is 16.9. The van der Waals surface area contributed by atoms with Gasteiger partial charge < -0.3 is 20.8 Å². The summed E-state index contributed by atoms with van der Waals surface area (Å²) in [6.45, 7) is 5.00. The van der Waals surface area contributed by atoms with Gasteiger partial charge in [0.15, 0.2) is 0 Å². The summed E-state index contributed by atoms with van der Waals surface area (Å²) in [6.07, 6.45) is 3.09. The van der Waals surface area contributed by atoms with E-state index in [0.29, 0.717) is 0 Å². The SMILES string of the molecule is CC(C)(C)OC(=O)C(=CF)C(CN)n1ccc(C(N)=O)c1. The quantitative estimate of drug-likeness (QED) is 0.631. The average Bonchev–Trinajstić information content (AvgIpc) is 2.82. The highest BCUT2D eigenvalue weighted by atomic mass is 19.1. The summed E-state index contributed by atoms with van der Waals surface area (Å²) in [5.41, 5.74) is 10.0. The van der Waals surface area contributed by atoms with Crippen LogP contribution in [0.1, 0.15) is 37.2 Å². The van der Waals surface area contributed by atoms with Crippen LogP contribution in [0.25, 0.3) is 0 Å². The molecule has 0 aliphatic heterocycles. The van der Waals surface area contributed by atoms with Crippen LogP contribution in [-0.2, 0) is 9.53 Å². The third-order valence-electron chi connectivity index (χ3n) is 2.69. The lowest BCUT2D eigenvalue weighted by Crippen LogP contribution is -2.30. The molecule has 0 spiro atoms. The lowest BCUT2D eigenvalue weighted by atomic mass is 10.1. The molecule has 1 rings (SSSR count). The minimum absolute atomic E-state index is 0.0398. The maximum Gasteiger partial charge on any atom is 0.339 e. The summed E-state index contributed by atoms with van der Waals surface area (Å²) in [7, 11) is 0. The molecule has 0 fully saturated rings. The number of halogens is 1. The van der Waals surface area contributed by atoms with Gasteiger partial charge in [0.05, 0.1) is 23.5 Å². The molecule has 116 valence electrons. The molecule has 21 heavy (non-hydrogen) atoms. The number of rotatable bonds is 5. The minimum atomic E-state index is -0.797. The van der Waals surface area contributed by atoms with Crippen molar-refractivity contribution in [3.63, 3.8) is 0 Å². The van der Waals surface area contributed by atoms with Gasteiger partial charge in [-0.05, 0) is 26.8 Å². The molecule has 0 saturated carbocycles. The number of ether oxygens (including phenoxy) is 1. The van der Waals surface area contributed by atoms with Gasteiger partial charge in [-0.3, -0.25) is 4.79 Å². The first-order valence-electron chi connectivity index (χ1n) is 6.40. The lowest BCUT2D eigenvalue weighted by molar-refractivity contribution is -0.150. The molecule has 1 aromatic rings. The average molecular weight is 297 g/mol. The topological polar surface area (TPSA) is 100 Å². The van der Waals surface area contributed by atoms with E-state index in [1.165, 1.54) is 23.0 Å². The molecule has 0 bridgehead atoms. The molecular formula is C14H20FN3O3. The summed E-state index contributed by atoms with van der Waals surface area (Å²) in [5, 5.41) is 0. The molecule has 0 aliphatic carbocycles. The maximum absolute atomic E-state index is 13.1. The Kier molecular flexibility index (Phi) is 5.26. The van der Waals surface area contributed by atoms with Gasteiger partial charge in [0.1, 0.15) is 5.60 Å². The van der Waals surface area contributed by atoms with Crippen LogP contribution in [0.5, 0.6) is 0 Å². The van der Waals surface area contributed by atoms with Gasteiger partial charge in [0, 0.05) is 18.9 Å². The van der Waals surface area contributed by atoms with Crippen molar-refractivity contribution in [1.82, 2.24) is 4.57 Å². The number of esters is 1. The Morgan fingerprint density at radius 2 is 2.10 bits per heavy atom. The number of carbonyl (C=O) groups is 2. The van der Waals surface area contributed by atoms with Gasteiger partial charge in [0.25, 0.3) is 0 Å². The van der Waals surface area contributed by atoms with Crippen LogP contribution in [-0.4, -0.2) is 28.6 Å². The van der Waals surface area contributed by atoms with Gasteiger partial charge >= 0.3 is 5.97 Å². The van der Waals surface area contributed by atoms with E-state index in [2.05, 4.69) is 0 Å². The molecule has 0 aromatic carbocycles. The molecule has 1 aromatic heterocycles. The van der Waals surface area contributed by atoms with Crippen LogP contribution in [0.15, 0.2) is 30.4 Å². The number of primary amides is 1. The van der Waals surface area contributed by atoms with Crippen molar-refractivity contribution in [3.05, 3.63) is 35.9 Å². The summed E-state index contributed by atoms with van der Waals surface area (Å²) < 4.78 is 19.7. The van der Waals surface area contributed by atoms with Crippen molar-refractivity contribution in [2.45, 2.75) is 32.4 Å². The van der Waals surface area contributed by atoms with Crippen molar-refractivity contribution in [1.29, 1.82) is 0 Å². The second kappa shape index (κ2) is 6.53. The van der Waals surface area contributed by atoms with Crippen molar-refractivity contribution in [3.8, 4) is 0 Å². The number of hydrogen-bond acceptors (Lipinski definition) is 4. The predicted molar refractivity (Wildman–Crippen MR) is 76.1 cm³/mol.